The first-order valence-electron chi connectivity index (χ1n) is 6.40. The van der Waals surface area contributed by atoms with Gasteiger partial charge < -0.3 is 5.32 Å². The number of halogens is 3. The molecule has 5 heteroatoms. The van der Waals surface area contributed by atoms with E-state index in [2.05, 4.69) is 37.2 Å². The van der Waals surface area contributed by atoms with Crippen molar-refractivity contribution in [1.29, 1.82) is 0 Å². The Labute approximate surface area is 135 Å². The van der Waals surface area contributed by atoms with Crippen molar-refractivity contribution in [3.63, 3.8) is 0 Å². The molecule has 2 rings (SSSR count). The van der Waals surface area contributed by atoms with Crippen molar-refractivity contribution < 1.29 is 4.79 Å². The van der Waals surface area contributed by atoms with Crippen LogP contribution in [0.25, 0.3) is 0 Å². The second-order valence-electron chi connectivity index (χ2n) is 5.06. The number of hydrogen-bond donors (Lipinski definition) is 1. The van der Waals surface area contributed by atoms with Crippen molar-refractivity contribution in [2.45, 2.75) is 37.6 Å². The van der Waals surface area contributed by atoms with Crippen LogP contribution in [0.1, 0.15) is 42.5 Å². The lowest BCUT2D eigenvalue weighted by Gasteiger charge is -2.36. The van der Waals surface area contributed by atoms with E-state index in [0.717, 1.165) is 22.6 Å². The summed E-state index contributed by atoms with van der Waals surface area (Å²) < 4.78 is 0.804. The number of rotatable bonds is 3. The largest absolute Gasteiger partial charge is 0.346 e. The number of carbonyl (C=O) groups excluding carboxylic acids is 1. The Morgan fingerprint density at radius 1 is 1.32 bits per heavy atom. The molecule has 0 spiro atoms. The highest BCUT2D eigenvalue weighted by atomic mass is 79.9. The van der Waals surface area contributed by atoms with Crippen LogP contribution in [0.3, 0.4) is 0 Å². The maximum absolute atomic E-state index is 12.3. The SMILES string of the molecule is O=C(NC1(CBr)CCCCC1)c1ccc(Br)c(Cl)c1. The summed E-state index contributed by atoms with van der Waals surface area (Å²) in [5.74, 6) is -0.0456. The molecule has 0 aliphatic heterocycles. The predicted octanol–water partition coefficient (Wildman–Crippen LogP) is 4.93. The summed E-state index contributed by atoms with van der Waals surface area (Å²) in [5, 5.41) is 4.55. The van der Waals surface area contributed by atoms with E-state index < -0.39 is 0 Å². The van der Waals surface area contributed by atoms with Crippen molar-refractivity contribution in [3.8, 4) is 0 Å². The second-order valence-corrected chi connectivity index (χ2v) is 6.88. The van der Waals surface area contributed by atoms with E-state index in [1.807, 2.05) is 0 Å². The van der Waals surface area contributed by atoms with Crippen LogP contribution in [0.15, 0.2) is 22.7 Å². The number of nitrogens with one attached hydrogen (secondary N) is 1. The van der Waals surface area contributed by atoms with Gasteiger partial charge in [-0.15, -0.1) is 0 Å². The molecule has 0 heterocycles. The number of benzene rings is 1. The number of carbonyl (C=O) groups is 1. The van der Waals surface area contributed by atoms with Crippen LogP contribution in [0.5, 0.6) is 0 Å². The minimum atomic E-state index is -0.102. The zero-order valence-electron chi connectivity index (χ0n) is 10.5. The summed E-state index contributed by atoms with van der Waals surface area (Å²) in [5.41, 5.74) is 0.508. The molecule has 0 bridgehead atoms. The third-order valence-electron chi connectivity index (χ3n) is 3.63. The van der Waals surface area contributed by atoms with Gasteiger partial charge in [-0.2, -0.15) is 0 Å². The van der Waals surface area contributed by atoms with Crippen molar-refractivity contribution in [2.24, 2.45) is 0 Å². The number of hydrogen-bond acceptors (Lipinski definition) is 1. The van der Waals surface area contributed by atoms with E-state index in [1.165, 1.54) is 19.3 Å². The van der Waals surface area contributed by atoms with Crippen LogP contribution < -0.4 is 5.32 Å². The summed E-state index contributed by atoms with van der Waals surface area (Å²) in [6.45, 7) is 0. The first-order valence-corrected chi connectivity index (χ1v) is 8.69. The van der Waals surface area contributed by atoms with Crippen molar-refractivity contribution in [3.05, 3.63) is 33.3 Å². The number of amides is 1. The van der Waals surface area contributed by atoms with Crippen LogP contribution in [0.2, 0.25) is 5.02 Å². The minimum Gasteiger partial charge on any atom is -0.346 e. The molecular weight excluding hydrogens is 393 g/mol. The maximum Gasteiger partial charge on any atom is 0.251 e. The summed E-state index contributed by atoms with van der Waals surface area (Å²) in [7, 11) is 0. The van der Waals surface area contributed by atoms with Crippen LogP contribution in [-0.2, 0) is 0 Å². The summed E-state index contributed by atoms with van der Waals surface area (Å²) in [4.78, 5) is 12.3. The van der Waals surface area contributed by atoms with Gasteiger partial charge in [0.1, 0.15) is 0 Å². The van der Waals surface area contributed by atoms with Crippen LogP contribution in [0.4, 0.5) is 0 Å². The van der Waals surface area contributed by atoms with Gasteiger partial charge in [0.25, 0.3) is 5.91 Å². The fourth-order valence-electron chi connectivity index (χ4n) is 2.47. The Bertz CT molecular complexity index is 473. The van der Waals surface area contributed by atoms with Gasteiger partial charge in [-0.05, 0) is 47.0 Å². The number of alkyl halides is 1. The third kappa shape index (κ3) is 3.73. The van der Waals surface area contributed by atoms with E-state index in [-0.39, 0.29) is 11.4 Å². The third-order valence-corrected chi connectivity index (χ3v) is 5.93. The molecule has 0 atom stereocenters. The van der Waals surface area contributed by atoms with E-state index in [1.54, 1.807) is 18.2 Å². The normalized spacial score (nSPS) is 18.1. The topological polar surface area (TPSA) is 29.1 Å². The van der Waals surface area contributed by atoms with Crippen LogP contribution >= 0.6 is 43.5 Å². The Morgan fingerprint density at radius 3 is 2.58 bits per heavy atom. The molecule has 1 fully saturated rings. The summed E-state index contributed by atoms with van der Waals surface area (Å²) in [6, 6.07) is 5.29. The van der Waals surface area contributed by atoms with E-state index in [4.69, 9.17) is 11.6 Å². The molecule has 1 saturated carbocycles. The van der Waals surface area contributed by atoms with Gasteiger partial charge in [-0.3, -0.25) is 4.79 Å². The standard InChI is InChI=1S/C14H16Br2ClNO/c15-9-14(6-2-1-3-7-14)18-13(19)10-4-5-11(16)12(17)8-10/h4-5,8H,1-3,6-7,9H2,(H,18,19). The first-order chi connectivity index (χ1) is 9.06. The highest BCUT2D eigenvalue weighted by Crippen LogP contribution is 2.30. The van der Waals surface area contributed by atoms with Gasteiger partial charge in [0.15, 0.2) is 0 Å². The molecule has 1 N–H and O–H groups in total. The molecule has 1 aliphatic carbocycles. The molecule has 0 aromatic heterocycles. The van der Waals surface area contributed by atoms with Gasteiger partial charge in [-0.1, -0.05) is 46.8 Å². The molecule has 0 saturated heterocycles. The highest BCUT2D eigenvalue weighted by molar-refractivity contribution is 9.10. The zero-order chi connectivity index (χ0) is 13.9. The van der Waals surface area contributed by atoms with Gasteiger partial charge in [0, 0.05) is 15.4 Å². The molecule has 1 aliphatic rings. The van der Waals surface area contributed by atoms with Gasteiger partial charge >= 0.3 is 0 Å². The van der Waals surface area contributed by atoms with Gasteiger partial charge in [0.05, 0.1) is 10.6 Å². The molecule has 19 heavy (non-hydrogen) atoms. The van der Waals surface area contributed by atoms with Crippen LogP contribution in [-0.4, -0.2) is 16.8 Å². The van der Waals surface area contributed by atoms with Gasteiger partial charge in [-0.25, -0.2) is 0 Å². The van der Waals surface area contributed by atoms with E-state index >= 15 is 0 Å². The van der Waals surface area contributed by atoms with E-state index in [9.17, 15) is 4.79 Å². The molecule has 1 aromatic rings. The fourth-order valence-corrected chi connectivity index (χ4v) is 3.60. The van der Waals surface area contributed by atoms with E-state index in [0.29, 0.717) is 10.6 Å². The minimum absolute atomic E-state index is 0.0456. The monoisotopic (exact) mass is 407 g/mol. The Kier molecular flexibility index (Phi) is 5.32. The average molecular weight is 410 g/mol. The molecule has 2 nitrogen and oxygen atoms in total. The Hall–Kier alpha value is -0.0600. The smallest absolute Gasteiger partial charge is 0.251 e. The van der Waals surface area contributed by atoms with Crippen molar-refractivity contribution in [1.82, 2.24) is 5.32 Å². The highest BCUT2D eigenvalue weighted by Gasteiger charge is 2.32. The molecule has 0 radical (unpaired) electrons. The maximum atomic E-state index is 12.3. The quantitative estimate of drug-likeness (QED) is 0.705. The lowest BCUT2D eigenvalue weighted by Crippen LogP contribution is -2.51. The predicted molar refractivity (Wildman–Crippen MR) is 86.2 cm³/mol. The average Bonchev–Trinajstić information content (AvgIpc) is 2.43. The fraction of sp³-hybridized carbons (Fsp3) is 0.500. The molecule has 1 aromatic carbocycles. The van der Waals surface area contributed by atoms with Crippen LogP contribution in [0, 0.1) is 0 Å². The van der Waals surface area contributed by atoms with Crippen molar-refractivity contribution >= 4 is 49.4 Å². The lowest BCUT2D eigenvalue weighted by molar-refractivity contribution is 0.0886. The lowest BCUT2D eigenvalue weighted by atomic mass is 9.83. The Morgan fingerprint density at radius 2 is 2.00 bits per heavy atom. The summed E-state index contributed by atoms with van der Waals surface area (Å²) in [6.07, 6.45) is 5.68. The molecule has 104 valence electrons. The molecular formula is C14H16Br2ClNO. The summed E-state index contributed by atoms with van der Waals surface area (Å²) >= 11 is 12.9. The Balaban J connectivity index is 2.12. The van der Waals surface area contributed by atoms with Crippen molar-refractivity contribution in [2.75, 3.05) is 5.33 Å². The first kappa shape index (κ1) is 15.3. The second kappa shape index (κ2) is 6.59. The van der Waals surface area contributed by atoms with Gasteiger partial charge in [0.2, 0.25) is 0 Å². The molecule has 1 amide bonds. The zero-order valence-corrected chi connectivity index (χ0v) is 14.4. The molecule has 0 unspecified atom stereocenters.